The molecule has 2 saturated heterocycles. The van der Waals surface area contributed by atoms with Crippen LogP contribution in [0, 0.1) is 6.92 Å². The maximum Gasteiger partial charge on any atom is 0.257 e. The van der Waals surface area contributed by atoms with E-state index in [9.17, 15) is 9.90 Å². The third kappa shape index (κ3) is 3.28. The van der Waals surface area contributed by atoms with Gasteiger partial charge in [-0.05, 0) is 25.8 Å². The summed E-state index contributed by atoms with van der Waals surface area (Å²) in [5, 5.41) is 22.8. The monoisotopic (exact) mass is 444 g/mol. The Hall–Kier alpha value is -2.62. The SMILES string of the molecule is COc1cc(-c2cnn(C3CCN(C(=O)C4(O)CNC4)CC3)c2C)cn2ncc(Cl)c12. The number of nitrogens with one attached hydrogen (secondary N) is 1. The van der Waals surface area contributed by atoms with E-state index in [-0.39, 0.29) is 11.9 Å². The van der Waals surface area contributed by atoms with Crippen molar-refractivity contribution in [3.63, 3.8) is 0 Å². The Labute approximate surface area is 184 Å². The number of rotatable bonds is 4. The predicted octanol–water partition coefficient (Wildman–Crippen LogP) is 1.67. The number of aromatic nitrogens is 4. The molecule has 10 heteroatoms. The van der Waals surface area contributed by atoms with Gasteiger partial charge in [0.25, 0.3) is 5.91 Å². The number of fused-ring (bicyclic) bond motifs is 1. The van der Waals surface area contributed by atoms with Crippen LogP contribution in [-0.4, -0.2) is 74.2 Å². The summed E-state index contributed by atoms with van der Waals surface area (Å²) in [6, 6.07) is 2.16. The van der Waals surface area contributed by atoms with E-state index in [0.717, 1.165) is 35.2 Å². The van der Waals surface area contributed by atoms with Gasteiger partial charge in [-0.3, -0.25) is 9.48 Å². The highest BCUT2D eigenvalue weighted by Crippen LogP contribution is 2.34. The molecular formula is C21H25ClN6O3. The Kier molecular flexibility index (Phi) is 4.91. The van der Waals surface area contributed by atoms with Gasteiger partial charge in [-0.2, -0.15) is 10.2 Å². The van der Waals surface area contributed by atoms with Crippen molar-refractivity contribution in [1.82, 2.24) is 29.6 Å². The lowest BCUT2D eigenvalue weighted by molar-refractivity contribution is -0.157. The fourth-order valence-corrected chi connectivity index (χ4v) is 4.77. The number of hydrogen-bond acceptors (Lipinski definition) is 6. The van der Waals surface area contributed by atoms with Crippen molar-refractivity contribution in [3.8, 4) is 16.9 Å². The molecule has 0 atom stereocenters. The lowest BCUT2D eigenvalue weighted by Crippen LogP contribution is -2.68. The van der Waals surface area contributed by atoms with Crippen molar-refractivity contribution in [3.05, 3.63) is 35.4 Å². The van der Waals surface area contributed by atoms with E-state index >= 15 is 0 Å². The largest absolute Gasteiger partial charge is 0.494 e. The number of halogens is 1. The van der Waals surface area contributed by atoms with Crippen molar-refractivity contribution < 1.29 is 14.6 Å². The van der Waals surface area contributed by atoms with Crippen LogP contribution >= 0.6 is 11.6 Å². The van der Waals surface area contributed by atoms with Crippen LogP contribution in [-0.2, 0) is 4.79 Å². The van der Waals surface area contributed by atoms with Crippen LogP contribution in [0.25, 0.3) is 16.6 Å². The summed E-state index contributed by atoms with van der Waals surface area (Å²) in [4.78, 5) is 14.3. The molecule has 164 valence electrons. The summed E-state index contributed by atoms with van der Waals surface area (Å²) >= 11 is 6.24. The molecule has 0 radical (unpaired) electrons. The predicted molar refractivity (Wildman–Crippen MR) is 115 cm³/mol. The molecule has 2 N–H and O–H groups in total. The normalized spacial score (nSPS) is 18.9. The lowest BCUT2D eigenvalue weighted by atomic mass is 9.93. The highest BCUT2D eigenvalue weighted by atomic mass is 35.5. The lowest BCUT2D eigenvalue weighted by Gasteiger charge is -2.42. The minimum Gasteiger partial charge on any atom is -0.494 e. The standard InChI is InChI=1S/C21H25ClN6O3/c1-13-16(14-7-18(31-2)19-17(22)9-24-27(19)10-14)8-25-28(13)15-3-5-26(6-4-15)20(29)21(30)11-23-12-21/h7-10,15,23,30H,3-6,11-12H2,1-2H3. The first-order valence-electron chi connectivity index (χ1n) is 10.4. The molecule has 9 nitrogen and oxygen atoms in total. The van der Waals surface area contributed by atoms with E-state index in [2.05, 4.69) is 22.4 Å². The Bertz CT molecular complexity index is 1140. The molecule has 0 unspecified atom stereocenters. The highest BCUT2D eigenvalue weighted by Gasteiger charge is 2.45. The molecule has 0 aliphatic carbocycles. The molecule has 1 amide bonds. The van der Waals surface area contributed by atoms with Crippen LogP contribution in [0.15, 0.2) is 24.7 Å². The second kappa shape index (κ2) is 7.51. The van der Waals surface area contributed by atoms with Crippen molar-refractivity contribution >= 4 is 23.0 Å². The van der Waals surface area contributed by atoms with Crippen LogP contribution in [0.2, 0.25) is 5.02 Å². The maximum absolute atomic E-state index is 12.6. The fourth-order valence-electron chi connectivity index (χ4n) is 4.55. The molecule has 2 fully saturated rings. The molecule has 3 aromatic rings. The summed E-state index contributed by atoms with van der Waals surface area (Å²) in [5.41, 5.74) is 2.50. The minimum absolute atomic E-state index is 0.166. The fraction of sp³-hybridized carbons (Fsp3) is 0.476. The Balaban J connectivity index is 1.36. The third-order valence-corrected chi connectivity index (χ3v) is 6.71. The van der Waals surface area contributed by atoms with Crippen LogP contribution in [0.1, 0.15) is 24.6 Å². The minimum atomic E-state index is -1.23. The van der Waals surface area contributed by atoms with E-state index in [1.807, 2.05) is 23.1 Å². The number of hydrogen-bond donors (Lipinski definition) is 2. The van der Waals surface area contributed by atoms with E-state index in [1.54, 1.807) is 22.7 Å². The quantitative estimate of drug-likeness (QED) is 0.635. The molecule has 31 heavy (non-hydrogen) atoms. The first-order valence-corrected chi connectivity index (χ1v) is 10.8. The van der Waals surface area contributed by atoms with Crippen molar-refractivity contribution in [2.75, 3.05) is 33.3 Å². The van der Waals surface area contributed by atoms with Crippen molar-refractivity contribution in [2.45, 2.75) is 31.4 Å². The van der Waals surface area contributed by atoms with Crippen molar-refractivity contribution in [2.24, 2.45) is 0 Å². The number of pyridine rings is 1. The molecule has 0 bridgehead atoms. The number of β-amino-alcohol motifs (C(OH)–C–C–N with tert-alkyl or cyclic N) is 1. The zero-order chi connectivity index (χ0) is 21.8. The van der Waals surface area contributed by atoms with E-state index in [4.69, 9.17) is 16.3 Å². The molecule has 0 aromatic carbocycles. The molecule has 5 heterocycles. The zero-order valence-electron chi connectivity index (χ0n) is 17.5. The molecule has 0 spiro atoms. The Morgan fingerprint density at radius 2 is 2.03 bits per heavy atom. The van der Waals surface area contributed by atoms with Crippen LogP contribution in [0.3, 0.4) is 0 Å². The molecule has 0 saturated carbocycles. The molecule has 3 aromatic heterocycles. The van der Waals surface area contributed by atoms with Crippen molar-refractivity contribution in [1.29, 1.82) is 0 Å². The van der Waals surface area contributed by atoms with Crippen LogP contribution in [0.5, 0.6) is 5.75 Å². The van der Waals surface area contributed by atoms with Gasteiger partial charge in [-0.15, -0.1) is 0 Å². The Morgan fingerprint density at radius 3 is 2.68 bits per heavy atom. The number of likely N-dealkylation sites (tertiary alicyclic amines) is 1. The number of nitrogens with zero attached hydrogens (tertiary/aromatic N) is 5. The summed E-state index contributed by atoms with van der Waals surface area (Å²) < 4.78 is 9.30. The molecular weight excluding hydrogens is 420 g/mol. The first-order chi connectivity index (χ1) is 14.9. The summed E-state index contributed by atoms with van der Waals surface area (Å²) in [7, 11) is 1.62. The summed E-state index contributed by atoms with van der Waals surface area (Å²) in [5.74, 6) is 0.489. The first kappa shape index (κ1) is 20.3. The van der Waals surface area contributed by atoms with Gasteiger partial charge in [0.1, 0.15) is 11.3 Å². The number of methoxy groups -OCH3 is 1. The van der Waals surface area contributed by atoms with Gasteiger partial charge in [0, 0.05) is 49.2 Å². The number of aliphatic hydroxyl groups is 1. The second-order valence-corrected chi connectivity index (χ2v) is 8.74. The van der Waals surface area contributed by atoms with Gasteiger partial charge in [-0.25, -0.2) is 4.52 Å². The van der Waals surface area contributed by atoms with Gasteiger partial charge in [-0.1, -0.05) is 11.6 Å². The number of amides is 1. The number of ether oxygens (including phenoxy) is 1. The molecule has 2 aliphatic heterocycles. The zero-order valence-corrected chi connectivity index (χ0v) is 18.3. The van der Waals surface area contributed by atoms with Gasteiger partial charge in [0.05, 0.1) is 30.6 Å². The average Bonchev–Trinajstić information content (AvgIpc) is 3.33. The topological polar surface area (TPSA) is 96.9 Å². The Morgan fingerprint density at radius 1 is 1.29 bits per heavy atom. The third-order valence-electron chi connectivity index (χ3n) is 6.44. The van der Waals surface area contributed by atoms with Crippen LogP contribution < -0.4 is 10.1 Å². The van der Waals surface area contributed by atoms with Gasteiger partial charge in [0.15, 0.2) is 5.60 Å². The average molecular weight is 445 g/mol. The van der Waals surface area contributed by atoms with Crippen LogP contribution in [0.4, 0.5) is 0 Å². The molecule has 5 rings (SSSR count). The second-order valence-electron chi connectivity index (χ2n) is 8.33. The summed E-state index contributed by atoms with van der Waals surface area (Å²) in [6.07, 6.45) is 6.99. The number of piperidine rings is 1. The van der Waals surface area contributed by atoms with Gasteiger partial charge in [0.2, 0.25) is 0 Å². The molecule has 2 aliphatic rings. The van der Waals surface area contributed by atoms with Gasteiger partial charge < -0.3 is 20.1 Å². The highest BCUT2D eigenvalue weighted by molar-refractivity contribution is 6.34. The number of carbonyl (C=O) groups is 1. The number of carbonyl (C=O) groups excluding carboxylic acids is 1. The summed E-state index contributed by atoms with van der Waals surface area (Å²) in [6.45, 7) is 3.96. The van der Waals surface area contributed by atoms with E-state index in [0.29, 0.717) is 37.0 Å². The van der Waals surface area contributed by atoms with E-state index < -0.39 is 5.60 Å². The van der Waals surface area contributed by atoms with E-state index in [1.165, 1.54) is 0 Å². The smallest absolute Gasteiger partial charge is 0.257 e. The maximum atomic E-state index is 12.6. The van der Waals surface area contributed by atoms with Gasteiger partial charge >= 0.3 is 0 Å².